The van der Waals surface area contributed by atoms with Crippen molar-refractivity contribution in [1.29, 1.82) is 0 Å². The van der Waals surface area contributed by atoms with Gasteiger partial charge >= 0.3 is 0 Å². The molecular formula is C14H14BrFN4OS. The molecular weight excluding hydrogens is 371 g/mol. The molecule has 2 heterocycles. The highest BCUT2D eigenvalue weighted by molar-refractivity contribution is 9.10. The standard InChI is InChI=1S/C14H14BrFN4OS/c1-19(14(21)10-4-12(10)22-2)11-7-20(18-13(11)15)9-3-8(16)5-17-6-9/h3,5-7,10,12H,4H2,1-2H3. The zero-order chi connectivity index (χ0) is 15.9. The molecule has 1 amide bonds. The van der Waals surface area contributed by atoms with Crippen LogP contribution in [0.2, 0.25) is 0 Å². The molecule has 2 aromatic heterocycles. The number of amides is 1. The number of aromatic nitrogens is 3. The molecule has 2 unspecified atom stereocenters. The lowest BCUT2D eigenvalue weighted by Crippen LogP contribution is -2.28. The first kappa shape index (κ1) is 15.5. The third-order valence-electron chi connectivity index (χ3n) is 3.65. The first-order valence-electron chi connectivity index (χ1n) is 6.67. The number of pyridine rings is 1. The molecule has 8 heteroatoms. The molecule has 0 radical (unpaired) electrons. The minimum absolute atomic E-state index is 0.0751. The summed E-state index contributed by atoms with van der Waals surface area (Å²) >= 11 is 5.08. The Morgan fingerprint density at radius 2 is 2.32 bits per heavy atom. The number of carbonyl (C=O) groups excluding carboxylic acids is 1. The van der Waals surface area contributed by atoms with Crippen LogP contribution in [0.15, 0.2) is 29.3 Å². The quantitative estimate of drug-likeness (QED) is 0.812. The average Bonchev–Trinajstić information content (AvgIpc) is 3.20. The zero-order valence-electron chi connectivity index (χ0n) is 12.0. The summed E-state index contributed by atoms with van der Waals surface area (Å²) in [5.41, 5.74) is 1.15. The van der Waals surface area contributed by atoms with E-state index in [9.17, 15) is 9.18 Å². The van der Waals surface area contributed by atoms with Crippen molar-refractivity contribution in [2.45, 2.75) is 11.7 Å². The van der Waals surface area contributed by atoms with E-state index < -0.39 is 5.82 Å². The van der Waals surface area contributed by atoms with Crippen LogP contribution in [0.1, 0.15) is 6.42 Å². The highest BCUT2D eigenvalue weighted by Crippen LogP contribution is 2.42. The molecule has 3 rings (SSSR count). The Labute approximate surface area is 140 Å². The van der Waals surface area contributed by atoms with E-state index in [1.165, 1.54) is 16.9 Å². The van der Waals surface area contributed by atoms with E-state index in [0.717, 1.165) is 12.6 Å². The first-order valence-corrected chi connectivity index (χ1v) is 8.76. The number of rotatable bonds is 4. The first-order chi connectivity index (χ1) is 10.5. The van der Waals surface area contributed by atoms with Crippen molar-refractivity contribution in [3.8, 4) is 5.69 Å². The predicted octanol–water partition coefficient (Wildman–Crippen LogP) is 2.88. The van der Waals surface area contributed by atoms with Crippen molar-refractivity contribution in [3.63, 3.8) is 0 Å². The zero-order valence-corrected chi connectivity index (χ0v) is 14.4. The molecule has 2 atom stereocenters. The largest absolute Gasteiger partial charge is 0.311 e. The van der Waals surface area contributed by atoms with Gasteiger partial charge < -0.3 is 4.90 Å². The fourth-order valence-corrected chi connectivity index (χ4v) is 3.67. The molecule has 1 saturated carbocycles. The molecule has 1 fully saturated rings. The molecule has 1 aliphatic carbocycles. The number of anilines is 1. The fourth-order valence-electron chi connectivity index (χ4n) is 2.29. The number of nitrogens with zero attached hydrogens (tertiary/aromatic N) is 4. The fraction of sp³-hybridized carbons (Fsp3) is 0.357. The van der Waals surface area contributed by atoms with E-state index in [1.54, 1.807) is 29.9 Å². The maximum absolute atomic E-state index is 13.3. The predicted molar refractivity (Wildman–Crippen MR) is 87.8 cm³/mol. The van der Waals surface area contributed by atoms with Gasteiger partial charge in [0.05, 0.1) is 35.9 Å². The summed E-state index contributed by atoms with van der Waals surface area (Å²) in [5.74, 6) is -0.279. The molecule has 0 spiro atoms. The summed E-state index contributed by atoms with van der Waals surface area (Å²) in [6.45, 7) is 0. The van der Waals surface area contributed by atoms with Gasteiger partial charge in [0.1, 0.15) is 5.82 Å². The van der Waals surface area contributed by atoms with E-state index in [0.29, 0.717) is 21.2 Å². The molecule has 0 saturated heterocycles. The topological polar surface area (TPSA) is 51.0 Å². The van der Waals surface area contributed by atoms with Gasteiger partial charge in [-0.3, -0.25) is 9.78 Å². The summed E-state index contributed by atoms with van der Waals surface area (Å²) < 4.78 is 15.3. The summed E-state index contributed by atoms with van der Waals surface area (Å²) in [4.78, 5) is 17.8. The normalized spacial score (nSPS) is 20.0. The molecule has 1 aliphatic rings. The van der Waals surface area contributed by atoms with Crippen LogP contribution in [0.4, 0.5) is 10.1 Å². The minimum atomic E-state index is -0.434. The Kier molecular flexibility index (Phi) is 4.22. The molecule has 5 nitrogen and oxygen atoms in total. The van der Waals surface area contributed by atoms with Gasteiger partial charge in [0.25, 0.3) is 0 Å². The van der Waals surface area contributed by atoms with Gasteiger partial charge in [-0.05, 0) is 28.6 Å². The SMILES string of the molecule is CSC1CC1C(=O)N(C)c1cn(-c2cncc(F)c2)nc1Br. The average molecular weight is 385 g/mol. The van der Waals surface area contributed by atoms with Crippen LogP contribution in [-0.2, 0) is 4.79 Å². The van der Waals surface area contributed by atoms with Crippen molar-refractivity contribution in [2.24, 2.45) is 5.92 Å². The van der Waals surface area contributed by atoms with Crippen LogP contribution in [0.5, 0.6) is 0 Å². The monoisotopic (exact) mass is 384 g/mol. The molecule has 22 heavy (non-hydrogen) atoms. The Morgan fingerprint density at radius 3 is 2.95 bits per heavy atom. The second-order valence-corrected chi connectivity index (χ2v) is 6.95. The molecule has 0 N–H and O–H groups in total. The van der Waals surface area contributed by atoms with Gasteiger partial charge in [-0.25, -0.2) is 9.07 Å². The van der Waals surface area contributed by atoms with E-state index in [-0.39, 0.29) is 11.8 Å². The molecule has 0 aromatic carbocycles. The van der Waals surface area contributed by atoms with Gasteiger partial charge in [0.2, 0.25) is 5.91 Å². The number of thioether (sulfide) groups is 1. The van der Waals surface area contributed by atoms with E-state index >= 15 is 0 Å². The van der Waals surface area contributed by atoms with Crippen molar-refractivity contribution in [1.82, 2.24) is 14.8 Å². The lowest BCUT2D eigenvalue weighted by molar-refractivity contribution is -0.119. The smallest absolute Gasteiger partial charge is 0.231 e. The summed E-state index contributed by atoms with van der Waals surface area (Å²) in [6.07, 6.45) is 7.27. The van der Waals surface area contributed by atoms with Crippen LogP contribution in [0.25, 0.3) is 5.69 Å². The summed E-state index contributed by atoms with van der Waals surface area (Å²) in [5, 5.41) is 4.69. The van der Waals surface area contributed by atoms with E-state index in [1.807, 2.05) is 6.26 Å². The van der Waals surface area contributed by atoms with Gasteiger partial charge in [0.15, 0.2) is 4.60 Å². The highest BCUT2D eigenvalue weighted by Gasteiger charge is 2.44. The van der Waals surface area contributed by atoms with Crippen LogP contribution in [0, 0.1) is 11.7 Å². The molecule has 116 valence electrons. The number of halogens is 2. The maximum Gasteiger partial charge on any atom is 0.231 e. The summed E-state index contributed by atoms with van der Waals surface area (Å²) in [7, 11) is 1.73. The van der Waals surface area contributed by atoms with Gasteiger partial charge in [-0.1, -0.05) is 0 Å². The van der Waals surface area contributed by atoms with E-state index in [2.05, 4.69) is 26.0 Å². The second kappa shape index (κ2) is 6.00. The van der Waals surface area contributed by atoms with Gasteiger partial charge in [-0.15, -0.1) is 0 Å². The lowest BCUT2D eigenvalue weighted by atomic mass is 10.3. The minimum Gasteiger partial charge on any atom is -0.311 e. The number of hydrogen-bond donors (Lipinski definition) is 0. The lowest BCUT2D eigenvalue weighted by Gasteiger charge is -2.15. The number of carbonyl (C=O) groups is 1. The van der Waals surface area contributed by atoms with Gasteiger partial charge in [-0.2, -0.15) is 16.9 Å². The van der Waals surface area contributed by atoms with Gasteiger partial charge in [0, 0.05) is 18.4 Å². The number of hydrogen-bond acceptors (Lipinski definition) is 4. The Hall–Kier alpha value is -1.41. The maximum atomic E-state index is 13.3. The van der Waals surface area contributed by atoms with Crippen LogP contribution in [-0.4, -0.2) is 39.2 Å². The van der Waals surface area contributed by atoms with E-state index in [4.69, 9.17) is 0 Å². The highest BCUT2D eigenvalue weighted by atomic mass is 79.9. The van der Waals surface area contributed by atoms with Crippen molar-refractivity contribution >= 4 is 39.3 Å². The Morgan fingerprint density at radius 1 is 1.55 bits per heavy atom. The Balaban J connectivity index is 1.85. The third-order valence-corrected chi connectivity index (χ3v) is 5.34. The third kappa shape index (κ3) is 2.89. The van der Waals surface area contributed by atoms with Crippen molar-refractivity contribution < 1.29 is 9.18 Å². The van der Waals surface area contributed by atoms with Crippen LogP contribution in [0.3, 0.4) is 0 Å². The molecule has 2 aromatic rings. The molecule has 0 aliphatic heterocycles. The van der Waals surface area contributed by atoms with Crippen molar-refractivity contribution in [2.75, 3.05) is 18.2 Å². The Bertz CT molecular complexity index is 723. The summed E-state index contributed by atoms with van der Waals surface area (Å²) in [6, 6.07) is 1.34. The van der Waals surface area contributed by atoms with Crippen LogP contribution >= 0.6 is 27.7 Å². The molecule has 0 bridgehead atoms. The van der Waals surface area contributed by atoms with Crippen LogP contribution < -0.4 is 4.90 Å². The van der Waals surface area contributed by atoms with Crippen molar-refractivity contribution in [3.05, 3.63) is 35.1 Å². The second-order valence-electron chi connectivity index (χ2n) is 5.12.